The molecule has 0 atom stereocenters. The standard InChI is InChI=1S/C18H15ClFNO/c1-11(2)17-16(20)13-9-6-10-14(19)15(13)18(22)21(17)12-7-4-3-5-8-12/h3-11H,1-2H3. The lowest BCUT2D eigenvalue weighted by Crippen LogP contribution is -2.25. The zero-order chi connectivity index (χ0) is 15.9. The molecule has 1 heterocycles. The van der Waals surface area contributed by atoms with E-state index in [1.165, 1.54) is 4.57 Å². The van der Waals surface area contributed by atoms with Crippen LogP contribution in [-0.4, -0.2) is 4.57 Å². The number of nitrogens with zero attached hydrogens (tertiary/aromatic N) is 1. The summed E-state index contributed by atoms with van der Waals surface area (Å²) in [5, 5.41) is 0.754. The van der Waals surface area contributed by atoms with Gasteiger partial charge in [-0.2, -0.15) is 0 Å². The molecule has 3 aromatic rings. The van der Waals surface area contributed by atoms with E-state index in [1.54, 1.807) is 30.3 Å². The van der Waals surface area contributed by atoms with Crippen LogP contribution in [-0.2, 0) is 0 Å². The van der Waals surface area contributed by atoms with Crippen LogP contribution in [0.2, 0.25) is 5.02 Å². The van der Waals surface area contributed by atoms with Crippen LogP contribution in [0.15, 0.2) is 53.3 Å². The van der Waals surface area contributed by atoms with Gasteiger partial charge in [-0.1, -0.05) is 55.8 Å². The monoisotopic (exact) mass is 315 g/mol. The molecule has 22 heavy (non-hydrogen) atoms. The van der Waals surface area contributed by atoms with Crippen molar-refractivity contribution in [2.24, 2.45) is 0 Å². The predicted octanol–water partition coefficient (Wildman–Crippen LogP) is 4.91. The van der Waals surface area contributed by atoms with Gasteiger partial charge in [0, 0.05) is 11.1 Å². The maximum Gasteiger partial charge on any atom is 0.264 e. The van der Waals surface area contributed by atoms with Crippen LogP contribution in [0.4, 0.5) is 4.39 Å². The van der Waals surface area contributed by atoms with Crippen LogP contribution in [0.3, 0.4) is 0 Å². The average molecular weight is 316 g/mol. The van der Waals surface area contributed by atoms with Crippen molar-refractivity contribution in [3.63, 3.8) is 0 Å². The van der Waals surface area contributed by atoms with Crippen molar-refractivity contribution >= 4 is 22.4 Å². The number of pyridine rings is 1. The Morgan fingerprint density at radius 3 is 2.36 bits per heavy atom. The molecule has 3 rings (SSSR count). The Bertz CT molecular complexity index is 900. The van der Waals surface area contributed by atoms with Crippen molar-refractivity contribution in [3.05, 3.63) is 75.4 Å². The first-order valence-electron chi connectivity index (χ1n) is 7.10. The quantitative estimate of drug-likeness (QED) is 0.659. The topological polar surface area (TPSA) is 22.0 Å². The molecule has 0 amide bonds. The second kappa shape index (κ2) is 5.58. The molecule has 0 saturated carbocycles. The summed E-state index contributed by atoms with van der Waals surface area (Å²) in [5.41, 5.74) is 0.708. The molecule has 4 heteroatoms. The summed E-state index contributed by atoms with van der Waals surface area (Å²) in [6.07, 6.45) is 0. The van der Waals surface area contributed by atoms with Crippen molar-refractivity contribution in [2.45, 2.75) is 19.8 Å². The van der Waals surface area contributed by atoms with Crippen LogP contribution in [0.5, 0.6) is 0 Å². The van der Waals surface area contributed by atoms with E-state index in [0.29, 0.717) is 11.4 Å². The van der Waals surface area contributed by atoms with Gasteiger partial charge in [0.25, 0.3) is 5.56 Å². The van der Waals surface area contributed by atoms with E-state index in [-0.39, 0.29) is 27.3 Å². The maximum atomic E-state index is 15.0. The van der Waals surface area contributed by atoms with Crippen LogP contribution in [0, 0.1) is 5.82 Å². The molecule has 0 spiro atoms. The van der Waals surface area contributed by atoms with Gasteiger partial charge in [0.1, 0.15) is 0 Å². The molecular formula is C18H15ClFNO. The Morgan fingerprint density at radius 1 is 1.05 bits per heavy atom. The molecule has 0 aliphatic carbocycles. The Hall–Kier alpha value is -2.13. The molecule has 0 radical (unpaired) electrons. The first-order chi connectivity index (χ1) is 10.5. The van der Waals surface area contributed by atoms with E-state index < -0.39 is 5.82 Å². The van der Waals surface area contributed by atoms with E-state index in [9.17, 15) is 4.79 Å². The lowest BCUT2D eigenvalue weighted by atomic mass is 10.0. The first-order valence-corrected chi connectivity index (χ1v) is 7.48. The number of para-hydroxylation sites is 1. The van der Waals surface area contributed by atoms with Crippen LogP contribution in [0.1, 0.15) is 25.5 Å². The Kier molecular flexibility index (Phi) is 3.75. The molecule has 0 N–H and O–H groups in total. The highest BCUT2D eigenvalue weighted by Gasteiger charge is 2.21. The van der Waals surface area contributed by atoms with Gasteiger partial charge in [-0.15, -0.1) is 0 Å². The summed E-state index contributed by atoms with van der Waals surface area (Å²) in [7, 11) is 0. The molecule has 1 aromatic heterocycles. The van der Waals surface area contributed by atoms with Gasteiger partial charge < -0.3 is 0 Å². The summed E-state index contributed by atoms with van der Waals surface area (Å²) in [6.45, 7) is 3.74. The fourth-order valence-corrected chi connectivity index (χ4v) is 2.98. The van der Waals surface area contributed by atoms with Crippen LogP contribution in [0.25, 0.3) is 16.5 Å². The van der Waals surface area contributed by atoms with Gasteiger partial charge in [-0.3, -0.25) is 9.36 Å². The van der Waals surface area contributed by atoms with Crippen molar-refractivity contribution in [1.82, 2.24) is 4.57 Å². The molecule has 0 unspecified atom stereocenters. The minimum atomic E-state index is -0.393. The van der Waals surface area contributed by atoms with Gasteiger partial charge >= 0.3 is 0 Å². The highest BCUT2D eigenvalue weighted by atomic mass is 35.5. The maximum absolute atomic E-state index is 15.0. The number of halogens is 2. The van der Waals surface area contributed by atoms with Gasteiger partial charge in [-0.05, 0) is 24.1 Å². The summed E-state index contributed by atoms with van der Waals surface area (Å²) in [4.78, 5) is 12.9. The number of rotatable bonds is 2. The summed E-state index contributed by atoms with van der Waals surface area (Å²) in [5.74, 6) is -0.535. The average Bonchev–Trinajstić information content (AvgIpc) is 2.50. The van der Waals surface area contributed by atoms with Crippen molar-refractivity contribution in [1.29, 1.82) is 0 Å². The second-order valence-corrected chi connectivity index (χ2v) is 5.90. The molecule has 0 aliphatic rings. The summed E-state index contributed by atoms with van der Waals surface area (Å²) < 4.78 is 16.4. The van der Waals surface area contributed by atoms with E-state index in [0.717, 1.165) is 0 Å². The molecule has 0 aliphatic heterocycles. The molecule has 2 aromatic carbocycles. The highest BCUT2D eigenvalue weighted by molar-refractivity contribution is 6.35. The molecule has 0 bridgehead atoms. The molecule has 2 nitrogen and oxygen atoms in total. The number of hydrogen-bond acceptors (Lipinski definition) is 1. The third-order valence-corrected chi connectivity index (χ3v) is 4.01. The van der Waals surface area contributed by atoms with E-state index in [2.05, 4.69) is 0 Å². The van der Waals surface area contributed by atoms with Gasteiger partial charge in [0.2, 0.25) is 0 Å². The minimum absolute atomic E-state index is 0.142. The normalized spacial score (nSPS) is 11.3. The lowest BCUT2D eigenvalue weighted by Gasteiger charge is -2.19. The number of benzene rings is 2. The predicted molar refractivity (Wildman–Crippen MR) is 88.6 cm³/mol. The Morgan fingerprint density at radius 2 is 1.73 bits per heavy atom. The van der Waals surface area contributed by atoms with E-state index >= 15 is 4.39 Å². The zero-order valence-electron chi connectivity index (χ0n) is 12.3. The SMILES string of the molecule is CC(C)c1c(F)c2cccc(Cl)c2c(=O)n1-c1ccccc1. The van der Waals surface area contributed by atoms with Crippen LogP contribution < -0.4 is 5.56 Å². The van der Waals surface area contributed by atoms with Crippen molar-refractivity contribution in [3.8, 4) is 5.69 Å². The zero-order valence-corrected chi connectivity index (χ0v) is 13.1. The third kappa shape index (κ3) is 2.22. The largest absolute Gasteiger partial charge is 0.277 e. The van der Waals surface area contributed by atoms with Crippen molar-refractivity contribution < 1.29 is 4.39 Å². The summed E-state index contributed by atoms with van der Waals surface area (Å²) >= 11 is 6.15. The first kappa shape index (κ1) is 14.8. The summed E-state index contributed by atoms with van der Waals surface area (Å²) in [6, 6.07) is 13.9. The highest BCUT2D eigenvalue weighted by Crippen LogP contribution is 2.29. The van der Waals surface area contributed by atoms with Gasteiger partial charge in [-0.25, -0.2) is 4.39 Å². The van der Waals surface area contributed by atoms with Gasteiger partial charge in [0.05, 0.1) is 16.1 Å². The fraction of sp³-hybridized carbons (Fsp3) is 0.167. The second-order valence-electron chi connectivity index (χ2n) is 5.49. The number of aromatic nitrogens is 1. The number of hydrogen-bond donors (Lipinski definition) is 0. The number of fused-ring (bicyclic) bond motifs is 1. The lowest BCUT2D eigenvalue weighted by molar-refractivity contribution is 0.581. The Labute approximate surface area is 132 Å². The fourth-order valence-electron chi connectivity index (χ4n) is 2.73. The molecule has 0 saturated heterocycles. The van der Waals surface area contributed by atoms with Gasteiger partial charge in [0.15, 0.2) is 5.82 Å². The molecule has 0 fully saturated rings. The van der Waals surface area contributed by atoms with Crippen molar-refractivity contribution in [2.75, 3.05) is 0 Å². The smallest absolute Gasteiger partial charge is 0.264 e. The third-order valence-electron chi connectivity index (χ3n) is 3.69. The molecule has 112 valence electrons. The molecular weight excluding hydrogens is 301 g/mol. The minimum Gasteiger partial charge on any atom is -0.277 e. The Balaban J connectivity index is 2.55. The van der Waals surface area contributed by atoms with E-state index in [1.807, 2.05) is 32.0 Å². The van der Waals surface area contributed by atoms with Crippen LogP contribution >= 0.6 is 11.6 Å². The van der Waals surface area contributed by atoms with E-state index in [4.69, 9.17) is 11.6 Å².